The molecule has 0 aliphatic carbocycles. The number of fused-ring (bicyclic) bond motifs is 1. The van der Waals surface area contributed by atoms with Crippen LogP contribution < -0.4 is 9.46 Å². The number of pyridine rings is 1. The second kappa shape index (κ2) is 8.76. The van der Waals surface area contributed by atoms with Gasteiger partial charge in [0.05, 0.1) is 12.3 Å². The van der Waals surface area contributed by atoms with Crippen molar-refractivity contribution in [2.24, 2.45) is 0 Å². The molecule has 6 nitrogen and oxygen atoms in total. The van der Waals surface area contributed by atoms with E-state index in [1.807, 2.05) is 4.72 Å². The highest BCUT2D eigenvalue weighted by atomic mass is 32.2. The zero-order valence-electron chi connectivity index (χ0n) is 18.5. The van der Waals surface area contributed by atoms with Crippen LogP contribution in [0.2, 0.25) is 0 Å². The minimum atomic E-state index is -5.54. The third kappa shape index (κ3) is 4.69. The highest BCUT2D eigenvalue weighted by Crippen LogP contribution is 2.52. The van der Waals surface area contributed by atoms with E-state index < -0.39 is 81.3 Å². The van der Waals surface area contributed by atoms with Gasteiger partial charge in [0.15, 0.2) is 5.75 Å². The smallest absolute Gasteiger partial charge is 0.425 e. The van der Waals surface area contributed by atoms with E-state index in [1.54, 1.807) is 0 Å². The van der Waals surface area contributed by atoms with E-state index >= 15 is 0 Å². The molecule has 1 aromatic carbocycles. The second-order valence-electron chi connectivity index (χ2n) is 8.93. The molecule has 0 radical (unpaired) electrons. The largest absolute Gasteiger partial charge is 0.598 e. The summed E-state index contributed by atoms with van der Waals surface area (Å²) >= 11 is -2.38. The fourth-order valence-corrected chi connectivity index (χ4v) is 4.18. The van der Waals surface area contributed by atoms with Crippen LogP contribution in [0.1, 0.15) is 32.0 Å². The molecule has 14 heteroatoms. The molecule has 1 aliphatic heterocycles. The number of benzene rings is 1. The van der Waals surface area contributed by atoms with Gasteiger partial charge in [-0.2, -0.15) is 26.3 Å². The molecular formula is C21H21F7N2O4S. The predicted molar refractivity (Wildman–Crippen MR) is 111 cm³/mol. The number of aliphatic hydroxyl groups excluding tert-OH is 1. The van der Waals surface area contributed by atoms with Crippen LogP contribution in [0.5, 0.6) is 5.75 Å². The maximum Gasteiger partial charge on any atom is 0.425 e. The van der Waals surface area contributed by atoms with E-state index in [9.17, 15) is 45.5 Å². The number of hydrogen-bond acceptors (Lipinski definition) is 6. The maximum atomic E-state index is 14.5. The normalized spacial score (nSPS) is 21.3. The van der Waals surface area contributed by atoms with E-state index in [1.165, 1.54) is 20.8 Å². The van der Waals surface area contributed by atoms with Crippen LogP contribution in [0, 0.1) is 5.82 Å². The Morgan fingerprint density at radius 1 is 1.11 bits per heavy atom. The Morgan fingerprint density at radius 3 is 2.14 bits per heavy atom. The maximum absolute atomic E-state index is 14.5. The quantitative estimate of drug-likeness (QED) is 0.402. The fraction of sp³-hybridized carbons (Fsp3) is 0.476. The van der Waals surface area contributed by atoms with Gasteiger partial charge in [-0.15, -0.1) is 4.72 Å². The SMILES string of the molecule is CC(C)(C)[S+]([O-])NC1(C(F)(F)F)COc2c1cc(C(O)(CO)C(F)(F)F)nc2-c1ccc(F)cc1. The van der Waals surface area contributed by atoms with E-state index in [0.717, 1.165) is 24.3 Å². The summed E-state index contributed by atoms with van der Waals surface area (Å²) in [5.74, 6) is -1.34. The highest BCUT2D eigenvalue weighted by Gasteiger charge is 2.66. The standard InChI is InChI=1S/C21H21F7N2O4S/c1-17(2,3)35(33)30-18(20(23,24)25)10-34-16-13(18)8-14(19(32,9-31)21(26,27)28)29-15(16)11-4-6-12(22)7-5-11/h4-8,30-32H,9-10H2,1-3H3. The number of nitrogens with one attached hydrogen (secondary N) is 1. The number of halogens is 7. The van der Waals surface area contributed by atoms with Crippen LogP contribution in [0.4, 0.5) is 30.7 Å². The van der Waals surface area contributed by atoms with Crippen molar-refractivity contribution in [2.75, 3.05) is 13.2 Å². The van der Waals surface area contributed by atoms with Crippen molar-refractivity contribution in [3.8, 4) is 17.0 Å². The van der Waals surface area contributed by atoms with Gasteiger partial charge in [0.25, 0.3) is 0 Å². The van der Waals surface area contributed by atoms with Crippen molar-refractivity contribution >= 4 is 11.4 Å². The summed E-state index contributed by atoms with van der Waals surface area (Å²) in [6.07, 6.45) is -10.8. The number of ether oxygens (including phenoxy) is 1. The Balaban J connectivity index is 2.38. The second-order valence-corrected chi connectivity index (χ2v) is 10.9. The Hall–Kier alpha value is -2.13. The van der Waals surface area contributed by atoms with E-state index in [4.69, 9.17) is 4.74 Å². The summed E-state index contributed by atoms with van der Waals surface area (Å²) in [7, 11) is 0. The van der Waals surface area contributed by atoms with E-state index in [0.29, 0.717) is 6.07 Å². The molecule has 0 amide bonds. The molecule has 0 bridgehead atoms. The van der Waals surface area contributed by atoms with Gasteiger partial charge >= 0.3 is 12.4 Å². The average molecular weight is 530 g/mol. The van der Waals surface area contributed by atoms with Crippen LogP contribution in [-0.2, 0) is 22.5 Å². The molecule has 0 saturated heterocycles. The van der Waals surface area contributed by atoms with E-state index in [2.05, 4.69) is 4.98 Å². The third-order valence-corrected chi connectivity index (χ3v) is 7.06. The molecule has 0 saturated carbocycles. The molecular weight excluding hydrogens is 509 g/mol. The number of hydrogen-bond donors (Lipinski definition) is 3. The first-order valence-corrected chi connectivity index (χ1v) is 11.1. The lowest BCUT2D eigenvalue weighted by molar-refractivity contribution is -0.279. The van der Waals surface area contributed by atoms with E-state index in [-0.39, 0.29) is 5.56 Å². The van der Waals surface area contributed by atoms with Gasteiger partial charge in [-0.05, 0) is 51.1 Å². The van der Waals surface area contributed by atoms with Gasteiger partial charge in [-0.1, -0.05) is 0 Å². The summed E-state index contributed by atoms with van der Waals surface area (Å²) in [6.45, 7) is 0.982. The first kappa shape index (κ1) is 27.5. The zero-order chi connectivity index (χ0) is 26.6. The van der Waals surface area contributed by atoms with Crippen LogP contribution >= 0.6 is 0 Å². The molecule has 3 rings (SSSR count). The molecule has 1 aromatic heterocycles. The molecule has 0 spiro atoms. The lowest BCUT2D eigenvalue weighted by Gasteiger charge is -2.35. The van der Waals surface area contributed by atoms with Crippen molar-refractivity contribution < 1.29 is 50.2 Å². The number of aromatic nitrogens is 1. The molecule has 35 heavy (non-hydrogen) atoms. The molecule has 3 unspecified atom stereocenters. The van der Waals surface area contributed by atoms with Crippen molar-refractivity contribution in [3.63, 3.8) is 0 Å². The van der Waals surface area contributed by atoms with Gasteiger partial charge in [-0.3, -0.25) is 0 Å². The molecule has 2 aromatic rings. The van der Waals surface area contributed by atoms with Gasteiger partial charge in [-0.25, -0.2) is 9.37 Å². The Morgan fingerprint density at radius 2 is 1.69 bits per heavy atom. The predicted octanol–water partition coefficient (Wildman–Crippen LogP) is 3.83. The van der Waals surface area contributed by atoms with Crippen LogP contribution in [0.3, 0.4) is 0 Å². The molecule has 2 heterocycles. The van der Waals surface area contributed by atoms with Gasteiger partial charge < -0.3 is 19.5 Å². The Kier molecular flexibility index (Phi) is 6.87. The van der Waals surface area contributed by atoms with Crippen LogP contribution in [0.15, 0.2) is 30.3 Å². The third-order valence-electron chi connectivity index (χ3n) is 5.41. The number of alkyl halides is 6. The first-order valence-electron chi connectivity index (χ1n) is 9.98. The topological polar surface area (TPSA) is 97.7 Å². The van der Waals surface area contributed by atoms with Crippen molar-refractivity contribution in [3.05, 3.63) is 47.4 Å². The van der Waals surface area contributed by atoms with Crippen molar-refractivity contribution in [2.45, 2.75) is 49.0 Å². The van der Waals surface area contributed by atoms with Crippen molar-refractivity contribution in [1.29, 1.82) is 0 Å². The molecule has 3 atom stereocenters. The summed E-state index contributed by atoms with van der Waals surface area (Å²) in [6, 6.07) is 4.21. The Labute approximate surface area is 198 Å². The van der Waals surface area contributed by atoms with Gasteiger partial charge in [0, 0.05) is 22.5 Å². The highest BCUT2D eigenvalue weighted by molar-refractivity contribution is 7.90. The lowest BCUT2D eigenvalue weighted by atomic mass is 9.88. The minimum Gasteiger partial charge on any atom is -0.598 e. The average Bonchev–Trinajstić information content (AvgIpc) is 3.11. The monoisotopic (exact) mass is 530 g/mol. The summed E-state index contributed by atoms with van der Waals surface area (Å²) < 4.78 is 117. The molecule has 0 fully saturated rings. The number of nitrogens with zero attached hydrogens (tertiary/aromatic N) is 1. The zero-order valence-corrected chi connectivity index (χ0v) is 19.3. The van der Waals surface area contributed by atoms with Crippen LogP contribution in [0.25, 0.3) is 11.3 Å². The number of rotatable bonds is 5. The minimum absolute atomic E-state index is 0.123. The fourth-order valence-electron chi connectivity index (χ4n) is 3.27. The molecule has 1 aliphatic rings. The Bertz CT molecular complexity index is 1090. The number of aliphatic hydroxyl groups is 2. The molecule has 3 N–H and O–H groups in total. The van der Waals surface area contributed by atoms with Gasteiger partial charge in [0.2, 0.25) is 11.1 Å². The van der Waals surface area contributed by atoms with Crippen molar-refractivity contribution in [1.82, 2.24) is 9.71 Å². The summed E-state index contributed by atoms with van der Waals surface area (Å²) in [4.78, 5) is 3.68. The summed E-state index contributed by atoms with van der Waals surface area (Å²) in [5.41, 5.74) is -10.3. The first-order chi connectivity index (χ1) is 15.9. The molecule has 194 valence electrons. The summed E-state index contributed by atoms with van der Waals surface area (Å²) in [5, 5.41) is 19.6. The lowest BCUT2D eigenvalue weighted by Crippen LogP contribution is -2.60. The van der Waals surface area contributed by atoms with Gasteiger partial charge in [0.1, 0.15) is 22.9 Å². The van der Waals surface area contributed by atoms with Crippen LogP contribution in [-0.4, -0.2) is 50.1 Å².